The van der Waals surface area contributed by atoms with Gasteiger partial charge < -0.3 is 4.74 Å². The molecular formula is C24H20N2O5. The van der Waals surface area contributed by atoms with Crippen molar-refractivity contribution < 1.29 is 19.2 Å². The summed E-state index contributed by atoms with van der Waals surface area (Å²) in [5, 5.41) is 11.7. The fourth-order valence-corrected chi connectivity index (χ4v) is 4.07. The largest absolute Gasteiger partial charge is 0.426 e. The molecule has 3 aromatic carbocycles. The summed E-state index contributed by atoms with van der Waals surface area (Å²) >= 11 is 0. The van der Waals surface area contributed by atoms with Crippen LogP contribution in [-0.2, 0) is 15.1 Å². The summed E-state index contributed by atoms with van der Waals surface area (Å²) in [4.78, 5) is 39.0. The highest BCUT2D eigenvalue weighted by Gasteiger charge is 2.62. The number of nitrogens with zero attached hydrogens (tertiary/aromatic N) is 2. The third kappa shape index (κ3) is 3.54. The van der Waals surface area contributed by atoms with E-state index < -0.39 is 35.0 Å². The Balaban J connectivity index is 1.95. The molecule has 1 heterocycles. The van der Waals surface area contributed by atoms with Crippen LogP contribution in [0.4, 0.5) is 10.5 Å². The van der Waals surface area contributed by atoms with E-state index in [2.05, 4.69) is 0 Å². The van der Waals surface area contributed by atoms with Gasteiger partial charge in [-0.1, -0.05) is 78.4 Å². The van der Waals surface area contributed by atoms with Crippen molar-refractivity contribution in [3.05, 3.63) is 112 Å². The van der Waals surface area contributed by atoms with E-state index in [0.29, 0.717) is 16.8 Å². The molecule has 3 aromatic rings. The van der Waals surface area contributed by atoms with Gasteiger partial charge in [0, 0.05) is 10.5 Å². The zero-order valence-electron chi connectivity index (χ0n) is 16.8. The topological polar surface area (TPSA) is 89.8 Å². The van der Waals surface area contributed by atoms with E-state index in [1.54, 1.807) is 78.9 Å². The first-order chi connectivity index (χ1) is 14.9. The predicted molar refractivity (Wildman–Crippen MR) is 114 cm³/mol. The molecule has 7 nitrogen and oxygen atoms in total. The second-order valence-electron chi connectivity index (χ2n) is 7.43. The number of para-hydroxylation sites is 1. The average molecular weight is 416 g/mol. The van der Waals surface area contributed by atoms with Crippen LogP contribution in [0.1, 0.15) is 22.6 Å². The molecular weight excluding hydrogens is 396 g/mol. The standard InChI is InChI=1S/C24H20N2O5/c1-17-9-8-10-18(15-17)21(16-25(29)30)24(19-11-4-2-5-12-19)22(27)26(23(28)31-24)20-13-6-3-7-14-20/h2-15,21H,16H2,1H3/t21-,24?/m1/s1. The number of aryl methyl sites for hydroxylation is 1. The van der Waals surface area contributed by atoms with Gasteiger partial charge >= 0.3 is 6.09 Å². The van der Waals surface area contributed by atoms with Crippen molar-refractivity contribution in [2.45, 2.75) is 18.4 Å². The molecule has 1 fully saturated rings. The second kappa shape index (κ2) is 8.02. The quantitative estimate of drug-likeness (QED) is 0.438. The fraction of sp³-hybridized carbons (Fsp3) is 0.167. The van der Waals surface area contributed by atoms with Gasteiger partial charge in [0.05, 0.1) is 5.69 Å². The Morgan fingerprint density at radius 2 is 1.61 bits per heavy atom. The van der Waals surface area contributed by atoms with E-state index in [9.17, 15) is 19.7 Å². The molecule has 0 radical (unpaired) electrons. The highest BCUT2D eigenvalue weighted by Crippen LogP contribution is 2.47. The maximum Gasteiger partial charge on any atom is 0.422 e. The normalized spacial score (nSPS) is 19.2. The van der Waals surface area contributed by atoms with Crippen molar-refractivity contribution in [2.75, 3.05) is 11.4 Å². The minimum Gasteiger partial charge on any atom is -0.426 e. The summed E-state index contributed by atoms with van der Waals surface area (Å²) in [5.74, 6) is -1.67. The van der Waals surface area contributed by atoms with Crippen LogP contribution < -0.4 is 4.90 Å². The molecule has 0 N–H and O–H groups in total. The van der Waals surface area contributed by atoms with E-state index in [1.807, 2.05) is 13.0 Å². The summed E-state index contributed by atoms with van der Waals surface area (Å²) in [6.07, 6.45) is -0.860. The Morgan fingerprint density at radius 3 is 2.23 bits per heavy atom. The van der Waals surface area contributed by atoms with Gasteiger partial charge in [-0.2, -0.15) is 0 Å². The number of anilines is 1. The van der Waals surface area contributed by atoms with Crippen LogP contribution in [-0.4, -0.2) is 23.5 Å². The molecule has 4 rings (SSSR count). The van der Waals surface area contributed by atoms with Gasteiger partial charge in [0.1, 0.15) is 5.92 Å². The number of benzene rings is 3. The molecule has 2 atom stereocenters. The Labute approximate surface area is 179 Å². The SMILES string of the molecule is Cc1cccc([C@@H](C[N+](=O)[O-])C2(c3ccccc3)OC(=O)N(c3ccccc3)C2=O)c1. The van der Waals surface area contributed by atoms with Crippen LogP contribution in [0.25, 0.3) is 0 Å². The van der Waals surface area contributed by atoms with E-state index in [0.717, 1.165) is 10.5 Å². The van der Waals surface area contributed by atoms with Crippen LogP contribution in [0.15, 0.2) is 84.9 Å². The lowest BCUT2D eigenvalue weighted by molar-refractivity contribution is -0.486. The number of amides is 2. The highest BCUT2D eigenvalue weighted by atomic mass is 16.6. The second-order valence-corrected chi connectivity index (χ2v) is 7.43. The molecule has 31 heavy (non-hydrogen) atoms. The summed E-state index contributed by atoms with van der Waals surface area (Å²) < 4.78 is 5.80. The van der Waals surface area contributed by atoms with Crippen molar-refractivity contribution in [3.63, 3.8) is 0 Å². The number of hydrogen-bond acceptors (Lipinski definition) is 5. The molecule has 2 amide bonds. The summed E-state index contributed by atoms with van der Waals surface area (Å²) in [7, 11) is 0. The lowest BCUT2D eigenvalue weighted by Gasteiger charge is -2.32. The van der Waals surface area contributed by atoms with Gasteiger partial charge in [-0.05, 0) is 24.6 Å². The van der Waals surface area contributed by atoms with E-state index in [4.69, 9.17) is 4.74 Å². The van der Waals surface area contributed by atoms with Crippen molar-refractivity contribution in [3.8, 4) is 0 Å². The molecule has 0 aromatic heterocycles. The summed E-state index contributed by atoms with van der Waals surface area (Å²) in [6.45, 7) is 1.28. The molecule has 0 bridgehead atoms. The minimum absolute atomic E-state index is 0.347. The molecule has 1 aliphatic rings. The number of nitro groups is 1. The number of carbonyl (C=O) groups excluding carboxylic acids is 2. The maximum absolute atomic E-state index is 13.9. The third-order valence-corrected chi connectivity index (χ3v) is 5.44. The Bertz CT molecular complexity index is 1130. The summed E-state index contributed by atoms with van der Waals surface area (Å²) in [5.41, 5.74) is 0.302. The zero-order valence-corrected chi connectivity index (χ0v) is 16.8. The molecule has 7 heteroatoms. The van der Waals surface area contributed by atoms with Gasteiger partial charge in [-0.3, -0.25) is 14.9 Å². The summed E-state index contributed by atoms with van der Waals surface area (Å²) in [6, 6.07) is 24.0. The molecule has 0 saturated carbocycles. The van der Waals surface area contributed by atoms with Crippen LogP contribution in [0, 0.1) is 17.0 Å². The Hall–Kier alpha value is -4.00. The van der Waals surface area contributed by atoms with Gasteiger partial charge in [0.2, 0.25) is 12.1 Å². The van der Waals surface area contributed by atoms with Crippen molar-refractivity contribution >= 4 is 17.7 Å². The number of imide groups is 1. The number of rotatable bonds is 6. The third-order valence-electron chi connectivity index (χ3n) is 5.44. The first-order valence-corrected chi connectivity index (χ1v) is 9.80. The average Bonchev–Trinajstić information content (AvgIpc) is 3.04. The van der Waals surface area contributed by atoms with E-state index in [-0.39, 0.29) is 0 Å². The van der Waals surface area contributed by atoms with Crippen molar-refractivity contribution in [2.24, 2.45) is 0 Å². The fourth-order valence-electron chi connectivity index (χ4n) is 4.07. The van der Waals surface area contributed by atoms with Gasteiger partial charge in [0.15, 0.2) is 0 Å². The lowest BCUT2D eigenvalue weighted by atomic mass is 9.76. The Morgan fingerprint density at radius 1 is 0.968 bits per heavy atom. The Kier molecular flexibility index (Phi) is 5.25. The zero-order chi connectivity index (χ0) is 22.0. The lowest BCUT2D eigenvalue weighted by Crippen LogP contribution is -2.46. The number of carbonyl (C=O) groups is 2. The highest BCUT2D eigenvalue weighted by molar-refractivity contribution is 6.20. The molecule has 156 valence electrons. The van der Waals surface area contributed by atoms with Crippen LogP contribution >= 0.6 is 0 Å². The van der Waals surface area contributed by atoms with Crippen LogP contribution in [0.2, 0.25) is 0 Å². The van der Waals surface area contributed by atoms with Gasteiger partial charge in [-0.15, -0.1) is 0 Å². The number of hydrogen-bond donors (Lipinski definition) is 0. The number of ether oxygens (including phenoxy) is 1. The van der Waals surface area contributed by atoms with Crippen LogP contribution in [0.5, 0.6) is 0 Å². The first kappa shape index (κ1) is 20.3. The molecule has 0 aliphatic carbocycles. The van der Waals surface area contributed by atoms with E-state index >= 15 is 0 Å². The molecule has 0 spiro atoms. The van der Waals surface area contributed by atoms with Gasteiger partial charge in [-0.25, -0.2) is 9.69 Å². The van der Waals surface area contributed by atoms with E-state index in [1.165, 1.54) is 0 Å². The molecule has 1 unspecified atom stereocenters. The molecule has 1 saturated heterocycles. The maximum atomic E-state index is 13.9. The van der Waals surface area contributed by atoms with Gasteiger partial charge in [0.25, 0.3) is 5.91 Å². The number of cyclic esters (lactones) is 1. The monoisotopic (exact) mass is 416 g/mol. The predicted octanol–water partition coefficient (Wildman–Crippen LogP) is 4.43. The smallest absolute Gasteiger partial charge is 0.422 e. The first-order valence-electron chi connectivity index (χ1n) is 9.80. The van der Waals surface area contributed by atoms with Crippen molar-refractivity contribution in [1.29, 1.82) is 0 Å². The molecule has 1 aliphatic heterocycles. The minimum atomic E-state index is -1.87. The van der Waals surface area contributed by atoms with Crippen LogP contribution in [0.3, 0.4) is 0 Å². The van der Waals surface area contributed by atoms with Crippen molar-refractivity contribution in [1.82, 2.24) is 0 Å².